The number of unbranched alkanes of at least 4 members (excludes halogenated alkanes) is 2. The van der Waals surface area contributed by atoms with Gasteiger partial charge in [-0.15, -0.1) is 0 Å². The van der Waals surface area contributed by atoms with Crippen LogP contribution in [-0.2, 0) is 17.6 Å². The van der Waals surface area contributed by atoms with Crippen molar-refractivity contribution >= 4 is 45.5 Å². The fourth-order valence-corrected chi connectivity index (χ4v) is 13.4. The predicted molar refractivity (Wildman–Crippen MR) is 375 cm³/mol. The number of anilines is 8. The number of likely N-dealkylation sites (N-methyl/N-ethyl adjacent to an activating group) is 3. The molecule has 0 aliphatic carbocycles. The number of phenols is 5. The van der Waals surface area contributed by atoms with E-state index in [4.69, 9.17) is 33.4 Å². The highest BCUT2D eigenvalue weighted by atomic mass is 16.5. The summed E-state index contributed by atoms with van der Waals surface area (Å²) in [4.78, 5) is 0. The molecule has 5 aromatic rings. The lowest BCUT2D eigenvalue weighted by Crippen LogP contribution is -2.53. The Labute approximate surface area is 540 Å². The van der Waals surface area contributed by atoms with Gasteiger partial charge in [0.05, 0.1) is 187 Å². The van der Waals surface area contributed by atoms with Gasteiger partial charge in [-0.3, -0.25) is 0 Å². The number of hydrogen-bond acceptors (Lipinski definition) is 14. The van der Waals surface area contributed by atoms with Crippen LogP contribution < -0.4 is 44.6 Å². The van der Waals surface area contributed by atoms with Crippen molar-refractivity contribution in [3.05, 3.63) is 102 Å². The third kappa shape index (κ3) is 25.5. The number of piperidine rings is 2. The van der Waals surface area contributed by atoms with Crippen molar-refractivity contribution in [2.75, 3.05) is 211 Å². The number of nitrogen functional groups attached to an aromatic ring is 5. The third-order valence-electron chi connectivity index (χ3n) is 19.7. The Morgan fingerprint density at radius 2 is 0.578 bits per heavy atom. The normalized spacial score (nSPS) is 18.3. The maximum absolute atomic E-state index is 9.48. The molecule has 90 heavy (non-hydrogen) atoms. The second-order valence-corrected chi connectivity index (χ2v) is 27.9. The number of phenolic OH excluding ortho intramolecular Hbond substituents is 5. The quantitative estimate of drug-likeness (QED) is 0.0133. The van der Waals surface area contributed by atoms with E-state index in [0.29, 0.717) is 28.6 Å². The molecule has 0 radical (unpaired) electrons. The van der Waals surface area contributed by atoms with Crippen molar-refractivity contribution in [1.82, 2.24) is 0 Å². The first-order valence-electron chi connectivity index (χ1n) is 33.8. The molecule has 10 rings (SSSR count). The van der Waals surface area contributed by atoms with Crippen LogP contribution in [0.1, 0.15) is 101 Å². The molecule has 0 spiro atoms. The zero-order valence-corrected chi connectivity index (χ0v) is 55.9. The summed E-state index contributed by atoms with van der Waals surface area (Å²) in [6.07, 6.45) is 20.4. The summed E-state index contributed by atoms with van der Waals surface area (Å²) < 4.78 is 11.2. The van der Waals surface area contributed by atoms with Gasteiger partial charge in [0.25, 0.3) is 0 Å². The molecule has 19 heteroatoms. The van der Waals surface area contributed by atoms with Crippen LogP contribution in [0.25, 0.3) is 0 Å². The van der Waals surface area contributed by atoms with Crippen molar-refractivity contribution in [1.29, 1.82) is 0 Å². The number of ether oxygens (including phenoxy) is 1. The molecule has 5 heterocycles. The van der Waals surface area contributed by atoms with E-state index in [1.165, 1.54) is 151 Å². The standard InChI is InChI=1S/C16H26N2O.C15H24N2O.C14H23N3O.C13H21N3O2.C13H21N3O/c1-18(10-4-2-5-11-18)12-6-3-7-14-13-15(19)8-9-16(14)17;1-17(10-4-5-11-17)9-3-2-6-13-12-14(18)7-8-15(13)16;1-17(8-3-2-4-9-17)10-7-16-14-11-12(18)5-6-13(14)15;1-16(6-8-18-9-7-16)5-4-15-13-10-11(17)2-3-12(13)14;1-16(7-2-3-8-16)9-6-15-13-10-11(17)4-5-12(13)14/h8-9,13H,2-7,10-12,17H2,1H3;7-8,12H,2-6,9-11,16H2,1H3;5-6,11,16H,2-4,7-10,15H2,1H3;2-3,10,15H,4-9,14H2,1H3;4-5,10,15H,2-3,6-9,14H2,1H3/p+5. The number of rotatable bonds is 22. The molecule has 5 aromatic carbocycles. The lowest BCUT2D eigenvalue weighted by atomic mass is 10.0. The van der Waals surface area contributed by atoms with Crippen LogP contribution in [0.3, 0.4) is 0 Å². The van der Waals surface area contributed by atoms with Crippen molar-refractivity contribution in [3.63, 3.8) is 0 Å². The first kappa shape index (κ1) is 72.3. The van der Waals surface area contributed by atoms with Gasteiger partial charge in [-0.25, -0.2) is 0 Å². The van der Waals surface area contributed by atoms with E-state index < -0.39 is 0 Å². The zero-order chi connectivity index (χ0) is 65.1. The Hall–Kier alpha value is -6.74. The van der Waals surface area contributed by atoms with Gasteiger partial charge in [-0.05, 0) is 161 Å². The van der Waals surface area contributed by atoms with E-state index >= 15 is 0 Å². The van der Waals surface area contributed by atoms with Crippen LogP contribution in [0.5, 0.6) is 28.7 Å². The molecule has 5 aliphatic rings. The predicted octanol–water partition coefficient (Wildman–Crippen LogP) is 9.97. The molecule has 0 bridgehead atoms. The Morgan fingerprint density at radius 1 is 0.322 bits per heavy atom. The molecule has 0 aromatic heterocycles. The average Bonchev–Trinajstić information content (AvgIpc) is 4.36. The largest absolute Gasteiger partial charge is 0.508 e. The lowest BCUT2D eigenvalue weighted by molar-refractivity contribution is -0.915. The topological polar surface area (TPSA) is 277 Å². The Balaban J connectivity index is 0.000000179. The SMILES string of the molecule is C[N+]1(CCCCc2cc(O)ccc2N)CCCC1.C[N+]1(CCCCc2cc(O)ccc2N)CCCCC1.C[N+]1(CCNc2cc(O)ccc2N)CCCC1.C[N+]1(CCNc2cc(O)ccc2N)CCCCC1.C[N+]1(CCNc2cc(O)ccc2N)CCOCC1. The van der Waals surface area contributed by atoms with Crippen molar-refractivity contribution in [3.8, 4) is 28.7 Å². The molecule has 5 aliphatic heterocycles. The number of benzene rings is 5. The van der Waals surface area contributed by atoms with Crippen LogP contribution in [0, 0.1) is 0 Å². The summed E-state index contributed by atoms with van der Waals surface area (Å²) >= 11 is 0. The van der Waals surface area contributed by atoms with Crippen molar-refractivity contribution < 1.29 is 52.7 Å². The van der Waals surface area contributed by atoms with E-state index in [1.54, 1.807) is 91.0 Å². The summed E-state index contributed by atoms with van der Waals surface area (Å²) in [5.41, 5.74) is 37.6. The maximum Gasteiger partial charge on any atom is 0.117 e. The minimum absolute atomic E-state index is 0.235. The highest BCUT2D eigenvalue weighted by Crippen LogP contribution is 2.28. The molecule has 0 atom stereocenters. The molecule has 19 nitrogen and oxygen atoms in total. The molecule has 5 fully saturated rings. The summed E-state index contributed by atoms with van der Waals surface area (Å²) in [7, 11) is 11.6. The van der Waals surface area contributed by atoms with Crippen LogP contribution in [0.2, 0.25) is 0 Å². The monoisotopic (exact) mass is 1250 g/mol. The smallest absolute Gasteiger partial charge is 0.117 e. The molecule has 500 valence electrons. The number of aryl methyl sites for hydroxylation is 2. The van der Waals surface area contributed by atoms with Crippen LogP contribution >= 0.6 is 0 Å². The summed E-state index contributed by atoms with van der Waals surface area (Å²) in [6, 6.07) is 25.5. The fraction of sp³-hybridized carbons (Fsp3) is 0.577. The van der Waals surface area contributed by atoms with E-state index in [9.17, 15) is 25.5 Å². The number of morpholine rings is 1. The minimum atomic E-state index is 0.235. The molecular formula is C71H120N13O6+5. The second-order valence-electron chi connectivity index (χ2n) is 27.9. The Kier molecular flexibility index (Phi) is 28.7. The number of nitrogens with one attached hydrogen (secondary N) is 3. The number of aromatic hydroxyl groups is 5. The third-order valence-corrected chi connectivity index (χ3v) is 19.7. The van der Waals surface area contributed by atoms with Crippen LogP contribution in [0.4, 0.5) is 45.5 Å². The van der Waals surface area contributed by atoms with E-state index in [-0.39, 0.29) is 17.2 Å². The fourth-order valence-electron chi connectivity index (χ4n) is 13.4. The minimum Gasteiger partial charge on any atom is -0.508 e. The summed E-state index contributed by atoms with van der Waals surface area (Å²) in [5.74, 6) is 1.38. The van der Waals surface area contributed by atoms with Gasteiger partial charge in [-0.2, -0.15) is 0 Å². The van der Waals surface area contributed by atoms with Gasteiger partial charge >= 0.3 is 0 Å². The van der Waals surface area contributed by atoms with E-state index in [2.05, 4.69) is 51.2 Å². The van der Waals surface area contributed by atoms with Gasteiger partial charge in [-0.1, -0.05) is 0 Å². The summed E-state index contributed by atoms with van der Waals surface area (Å²) in [6.45, 7) is 22.7. The van der Waals surface area contributed by atoms with Gasteiger partial charge in [0, 0.05) is 55.3 Å². The molecular weight excluding hydrogens is 1130 g/mol. The van der Waals surface area contributed by atoms with E-state index in [0.717, 1.165) is 144 Å². The van der Waals surface area contributed by atoms with Crippen molar-refractivity contribution in [2.24, 2.45) is 0 Å². The van der Waals surface area contributed by atoms with Crippen LogP contribution in [-0.4, -0.2) is 214 Å². The molecule has 18 N–H and O–H groups in total. The zero-order valence-electron chi connectivity index (χ0n) is 55.9. The number of nitrogens with zero attached hydrogens (tertiary/aromatic N) is 5. The molecule has 5 saturated heterocycles. The number of quaternary nitrogens is 5. The lowest BCUT2D eigenvalue weighted by Gasteiger charge is -2.37. The second kappa shape index (κ2) is 35.8. The molecule has 0 amide bonds. The van der Waals surface area contributed by atoms with Gasteiger partial charge < -0.3 is 97.3 Å². The van der Waals surface area contributed by atoms with Gasteiger partial charge in [0.15, 0.2) is 0 Å². The first-order chi connectivity index (χ1) is 42.9. The highest BCUT2D eigenvalue weighted by Gasteiger charge is 2.29. The van der Waals surface area contributed by atoms with E-state index in [1.807, 2.05) is 0 Å². The first-order valence-corrected chi connectivity index (χ1v) is 33.8. The van der Waals surface area contributed by atoms with Crippen molar-refractivity contribution in [2.45, 2.75) is 103 Å². The molecule has 0 unspecified atom stereocenters. The average molecular weight is 1250 g/mol. The van der Waals surface area contributed by atoms with Crippen LogP contribution in [0.15, 0.2) is 91.0 Å². The number of hydrogen-bond donors (Lipinski definition) is 13. The Bertz CT molecular complexity index is 2820. The van der Waals surface area contributed by atoms with Gasteiger partial charge in [0.2, 0.25) is 0 Å². The molecule has 0 saturated carbocycles. The Morgan fingerprint density at radius 3 is 0.889 bits per heavy atom. The highest BCUT2D eigenvalue weighted by molar-refractivity contribution is 5.69. The van der Waals surface area contributed by atoms with Gasteiger partial charge in [0.1, 0.15) is 41.8 Å². The summed E-state index contributed by atoms with van der Waals surface area (Å²) in [5, 5.41) is 57.1. The number of likely N-dealkylation sites (tertiary alicyclic amines) is 4. The number of nitrogens with two attached hydrogens (primary N) is 5. The maximum atomic E-state index is 9.48.